The van der Waals surface area contributed by atoms with Crippen LogP contribution < -0.4 is 20.1 Å². The number of carbonyl (C=O) groups excluding carboxylic acids is 3. The number of methoxy groups -OCH3 is 1. The predicted molar refractivity (Wildman–Crippen MR) is 190 cm³/mol. The molecular weight excluding hydrogens is 652 g/mol. The fraction of sp³-hybridized carbons (Fsp3) is 0.462. The monoisotopic (exact) mass is 698 g/mol. The van der Waals surface area contributed by atoms with Crippen LogP contribution in [0, 0.1) is 5.92 Å². The van der Waals surface area contributed by atoms with Gasteiger partial charge in [0.15, 0.2) is 0 Å². The molecule has 12 nitrogen and oxygen atoms in total. The zero-order valence-corrected chi connectivity index (χ0v) is 29.2. The summed E-state index contributed by atoms with van der Waals surface area (Å²) in [5.41, 5.74) is 1.74. The van der Waals surface area contributed by atoms with Crippen molar-refractivity contribution in [3.05, 3.63) is 66.7 Å². The molecule has 3 aromatic rings. The maximum Gasteiger partial charge on any atom is 0.407 e. The number of amides is 3. The zero-order chi connectivity index (χ0) is 36.1. The summed E-state index contributed by atoms with van der Waals surface area (Å²) in [4.78, 5) is 59.9. The number of aromatic nitrogens is 1. The molecule has 1 aliphatic carbocycles. The number of hydrogen-bond donors (Lipinski definition) is 3. The van der Waals surface area contributed by atoms with Crippen molar-refractivity contribution in [1.29, 1.82) is 0 Å². The van der Waals surface area contributed by atoms with E-state index in [1.54, 1.807) is 7.11 Å². The summed E-state index contributed by atoms with van der Waals surface area (Å²) >= 11 is 0. The molecule has 1 saturated carbocycles. The molecule has 2 fully saturated rings. The average Bonchev–Trinajstić information content (AvgIpc) is 3.70. The second-order valence-electron chi connectivity index (χ2n) is 13.6. The highest BCUT2D eigenvalue weighted by molar-refractivity contribution is 5.96. The highest BCUT2D eigenvalue weighted by Crippen LogP contribution is 2.45. The standard InChI is InChI=1S/C39H46N4O8/c1-4-6-16-29-36(45)43-23-27(19-32(43)35(44)42-39(37(46)47)22-26(39)5-2)51-34-20-30(24-13-9-7-10-14-24)40-31-21-33(49-3)25(18-28(31)34)15-11-8-12-17-50-38(48)41-29/h5,7,9-10,13-14,18,20-21,26-27,29,32H,2,4,6,8,11-12,15-17,19,22-23H2,1,3H3,(H,41,48)(H,42,44)(H,46,47)/t26-,27-,29+,32+,39-/m1/s1. The molecule has 1 aromatic heterocycles. The van der Waals surface area contributed by atoms with E-state index in [1.807, 2.05) is 55.5 Å². The van der Waals surface area contributed by atoms with Crippen molar-refractivity contribution >= 4 is 34.8 Å². The molecule has 3 amide bonds. The Labute approximate surface area is 297 Å². The Balaban J connectivity index is 1.41. The van der Waals surface area contributed by atoms with Gasteiger partial charge in [0.1, 0.15) is 35.2 Å². The third-order valence-corrected chi connectivity index (χ3v) is 10.2. The van der Waals surface area contributed by atoms with Gasteiger partial charge in [-0.25, -0.2) is 14.6 Å². The van der Waals surface area contributed by atoms with Gasteiger partial charge in [0.25, 0.3) is 0 Å². The summed E-state index contributed by atoms with van der Waals surface area (Å²) in [6.07, 6.45) is 5.27. The van der Waals surface area contributed by atoms with Gasteiger partial charge < -0.3 is 34.9 Å². The van der Waals surface area contributed by atoms with Gasteiger partial charge in [-0.15, -0.1) is 6.58 Å². The third kappa shape index (κ3) is 7.64. The number of cyclic esters (lactones) is 1. The Bertz CT molecular complexity index is 1800. The molecule has 12 heteroatoms. The number of alkyl carbamates (subject to hydrolysis) is 1. The van der Waals surface area contributed by atoms with E-state index in [-0.39, 0.29) is 26.0 Å². The Hall–Kier alpha value is -5.13. The number of benzene rings is 2. The molecule has 6 rings (SSSR count). The zero-order valence-electron chi connectivity index (χ0n) is 29.2. The van der Waals surface area contributed by atoms with Crippen LogP contribution in [-0.4, -0.2) is 82.9 Å². The minimum atomic E-state index is -1.48. The number of pyridine rings is 1. The highest BCUT2D eigenvalue weighted by atomic mass is 16.5. The van der Waals surface area contributed by atoms with Gasteiger partial charge in [-0.05, 0) is 50.2 Å². The number of nitrogens with zero attached hydrogens (tertiary/aromatic N) is 2. The van der Waals surface area contributed by atoms with Crippen LogP contribution in [0.25, 0.3) is 22.2 Å². The fourth-order valence-electron chi connectivity index (χ4n) is 7.19. The Morgan fingerprint density at radius 2 is 1.98 bits per heavy atom. The summed E-state index contributed by atoms with van der Waals surface area (Å²) in [6, 6.07) is 13.6. The van der Waals surface area contributed by atoms with E-state index in [0.717, 1.165) is 42.2 Å². The van der Waals surface area contributed by atoms with Gasteiger partial charge in [0.2, 0.25) is 11.8 Å². The van der Waals surface area contributed by atoms with Crippen molar-refractivity contribution in [2.24, 2.45) is 5.92 Å². The first-order valence-corrected chi connectivity index (χ1v) is 17.8. The average molecular weight is 699 g/mol. The lowest BCUT2D eigenvalue weighted by Crippen LogP contribution is -2.56. The van der Waals surface area contributed by atoms with Gasteiger partial charge in [0.05, 0.1) is 31.5 Å². The van der Waals surface area contributed by atoms with E-state index in [1.165, 1.54) is 11.0 Å². The van der Waals surface area contributed by atoms with Crippen molar-refractivity contribution in [1.82, 2.24) is 20.5 Å². The molecule has 51 heavy (non-hydrogen) atoms. The number of fused-ring (bicyclic) bond motifs is 3. The normalized spacial score (nSPS) is 25.2. The Morgan fingerprint density at radius 1 is 1.18 bits per heavy atom. The number of nitrogens with one attached hydrogen (secondary N) is 2. The number of aryl methyl sites for hydroxylation is 1. The molecule has 270 valence electrons. The van der Waals surface area contributed by atoms with E-state index in [4.69, 9.17) is 19.2 Å². The van der Waals surface area contributed by atoms with E-state index < -0.39 is 53.5 Å². The van der Waals surface area contributed by atoms with Crippen LogP contribution in [0.1, 0.15) is 63.9 Å². The summed E-state index contributed by atoms with van der Waals surface area (Å²) in [6.45, 7) is 5.94. The maximum atomic E-state index is 14.3. The van der Waals surface area contributed by atoms with Crippen LogP contribution in [0.15, 0.2) is 61.2 Å². The SMILES string of the molecule is C=C[C@@H]1C[C@]1(NC(=O)[C@@H]1C[C@@H]2CN1C(=O)[C@H](CCCC)NC(=O)OCCCCCc1cc3c(cc(-c4ccccc4)nc3cc1OC)O2)C(=O)O. The molecule has 3 N–H and O–H groups in total. The number of hydrogen-bond acceptors (Lipinski definition) is 8. The summed E-state index contributed by atoms with van der Waals surface area (Å²) in [5, 5.41) is 16.3. The van der Waals surface area contributed by atoms with Crippen molar-refractivity contribution in [2.75, 3.05) is 20.3 Å². The van der Waals surface area contributed by atoms with E-state index in [2.05, 4.69) is 17.2 Å². The van der Waals surface area contributed by atoms with Crippen LogP contribution in [0.4, 0.5) is 4.79 Å². The van der Waals surface area contributed by atoms with Crippen LogP contribution in [0.5, 0.6) is 11.5 Å². The lowest BCUT2D eigenvalue weighted by Gasteiger charge is -2.29. The first-order chi connectivity index (χ1) is 24.7. The molecule has 3 aliphatic rings. The topological polar surface area (TPSA) is 156 Å². The molecule has 0 unspecified atom stereocenters. The number of carboxylic acids is 1. The first-order valence-electron chi connectivity index (χ1n) is 17.8. The van der Waals surface area contributed by atoms with E-state index >= 15 is 0 Å². The first kappa shape index (κ1) is 35.7. The number of rotatable bonds is 9. The lowest BCUT2D eigenvalue weighted by molar-refractivity contribution is -0.145. The van der Waals surface area contributed by atoms with Crippen molar-refractivity contribution in [2.45, 2.75) is 88.4 Å². The van der Waals surface area contributed by atoms with Crippen molar-refractivity contribution < 1.29 is 38.5 Å². The Morgan fingerprint density at radius 3 is 2.69 bits per heavy atom. The third-order valence-electron chi connectivity index (χ3n) is 10.2. The van der Waals surface area contributed by atoms with E-state index in [9.17, 15) is 24.3 Å². The lowest BCUT2D eigenvalue weighted by atomic mass is 10.0. The number of ether oxygens (including phenoxy) is 3. The predicted octanol–water partition coefficient (Wildman–Crippen LogP) is 5.42. The minimum absolute atomic E-state index is 0.0364. The molecule has 2 aliphatic heterocycles. The van der Waals surface area contributed by atoms with Gasteiger partial charge in [-0.2, -0.15) is 0 Å². The van der Waals surface area contributed by atoms with Gasteiger partial charge >= 0.3 is 12.1 Å². The molecule has 0 spiro atoms. The summed E-state index contributed by atoms with van der Waals surface area (Å²) in [7, 11) is 1.63. The number of carbonyl (C=O) groups is 4. The number of unbranched alkanes of at least 4 members (excludes halogenated alkanes) is 1. The molecule has 5 atom stereocenters. The molecule has 0 radical (unpaired) electrons. The maximum absolute atomic E-state index is 14.3. The largest absolute Gasteiger partial charge is 0.496 e. The second-order valence-corrected chi connectivity index (χ2v) is 13.6. The summed E-state index contributed by atoms with van der Waals surface area (Å²) in [5.74, 6) is -1.39. The minimum Gasteiger partial charge on any atom is -0.496 e. The van der Waals surface area contributed by atoms with Gasteiger partial charge in [-0.1, -0.05) is 56.2 Å². The fourth-order valence-corrected chi connectivity index (χ4v) is 7.19. The van der Waals surface area contributed by atoms with Crippen LogP contribution in [0.2, 0.25) is 0 Å². The van der Waals surface area contributed by atoms with Crippen LogP contribution in [0.3, 0.4) is 0 Å². The Kier molecular flexibility index (Phi) is 10.8. The van der Waals surface area contributed by atoms with Gasteiger partial charge in [-0.3, -0.25) is 9.59 Å². The smallest absolute Gasteiger partial charge is 0.407 e. The quantitative estimate of drug-likeness (QED) is 0.249. The van der Waals surface area contributed by atoms with Crippen molar-refractivity contribution in [3.63, 3.8) is 0 Å². The number of aliphatic carboxylic acids is 1. The van der Waals surface area contributed by atoms with Gasteiger partial charge in [0, 0.05) is 35.4 Å². The molecule has 4 bridgehead atoms. The summed E-state index contributed by atoms with van der Waals surface area (Å²) < 4.78 is 18.0. The van der Waals surface area contributed by atoms with Crippen molar-refractivity contribution in [3.8, 4) is 22.8 Å². The molecule has 1 saturated heterocycles. The second kappa shape index (κ2) is 15.4. The molecule has 2 aromatic carbocycles. The number of carboxylic acid groups (broad SMARTS) is 1. The van der Waals surface area contributed by atoms with Crippen LogP contribution >= 0.6 is 0 Å². The highest BCUT2D eigenvalue weighted by Gasteiger charge is 2.61. The van der Waals surface area contributed by atoms with Crippen LogP contribution in [-0.2, 0) is 25.5 Å². The molecular formula is C39H46N4O8. The molecule has 3 heterocycles. The van der Waals surface area contributed by atoms with E-state index in [0.29, 0.717) is 42.0 Å².